The van der Waals surface area contributed by atoms with Crippen LogP contribution in [0.5, 0.6) is 5.75 Å². The second-order valence-electron chi connectivity index (χ2n) is 4.12. The fourth-order valence-electron chi connectivity index (χ4n) is 1.92. The van der Waals surface area contributed by atoms with Crippen LogP contribution in [0.3, 0.4) is 0 Å². The minimum atomic E-state index is -0.321. The molecule has 1 N–H and O–H groups in total. The molecule has 0 bridgehead atoms. The molecule has 4 heteroatoms. The van der Waals surface area contributed by atoms with Crippen LogP contribution in [0.1, 0.15) is 6.42 Å². The molecule has 0 unspecified atom stereocenters. The third-order valence-electron chi connectivity index (χ3n) is 2.87. The van der Waals surface area contributed by atoms with Crippen molar-refractivity contribution in [3.05, 3.63) is 24.3 Å². The maximum absolute atomic E-state index is 11.9. The van der Waals surface area contributed by atoms with Gasteiger partial charge in [-0.25, -0.2) is 0 Å². The van der Waals surface area contributed by atoms with E-state index in [1.807, 2.05) is 12.1 Å². The molecule has 0 saturated carbocycles. The second kappa shape index (κ2) is 6.45. The van der Waals surface area contributed by atoms with Crippen molar-refractivity contribution in [2.24, 2.45) is 0 Å². The van der Waals surface area contributed by atoms with Gasteiger partial charge in [0.25, 0.3) is 0 Å². The Labute approximate surface area is 102 Å². The van der Waals surface area contributed by atoms with Gasteiger partial charge in [0, 0.05) is 38.3 Å². The molecule has 0 amide bonds. The van der Waals surface area contributed by atoms with E-state index in [2.05, 4.69) is 22.3 Å². The Kier molecular flexibility index (Phi) is 4.62. The molecule has 0 atom stereocenters. The summed E-state index contributed by atoms with van der Waals surface area (Å²) in [7, 11) is 0. The highest BCUT2D eigenvalue weighted by atomic mass is 19.1. The first-order chi connectivity index (χ1) is 8.40. The molecule has 1 saturated heterocycles. The number of halogens is 1. The third kappa shape index (κ3) is 3.60. The summed E-state index contributed by atoms with van der Waals surface area (Å²) in [5, 5.41) is 3.33. The second-order valence-corrected chi connectivity index (χ2v) is 4.12. The highest BCUT2D eigenvalue weighted by Gasteiger charge is 2.09. The van der Waals surface area contributed by atoms with E-state index in [1.54, 1.807) is 0 Å². The maximum atomic E-state index is 11.9. The number of hydrogen-bond acceptors (Lipinski definition) is 3. The summed E-state index contributed by atoms with van der Waals surface area (Å²) >= 11 is 0. The molecule has 1 aromatic carbocycles. The maximum Gasteiger partial charge on any atom is 0.119 e. The van der Waals surface area contributed by atoms with Gasteiger partial charge in [-0.2, -0.15) is 0 Å². The molecular weight excluding hydrogens is 219 g/mol. The normalized spacial score (nSPS) is 15.9. The minimum Gasteiger partial charge on any atom is -0.493 e. The Bertz CT molecular complexity index is 323. The van der Waals surface area contributed by atoms with Crippen LogP contribution in [-0.2, 0) is 0 Å². The van der Waals surface area contributed by atoms with Crippen LogP contribution in [0.25, 0.3) is 0 Å². The average Bonchev–Trinajstić information content (AvgIpc) is 2.41. The number of benzene rings is 1. The van der Waals surface area contributed by atoms with E-state index in [0.29, 0.717) is 13.0 Å². The first kappa shape index (κ1) is 12.2. The van der Waals surface area contributed by atoms with Crippen molar-refractivity contribution in [2.75, 3.05) is 44.4 Å². The van der Waals surface area contributed by atoms with Gasteiger partial charge in [-0.3, -0.25) is 4.39 Å². The predicted octanol–water partition coefficient (Wildman–Crippen LogP) is 1.83. The molecular formula is C13H19FN2O. The van der Waals surface area contributed by atoms with E-state index in [4.69, 9.17) is 4.74 Å². The fourth-order valence-corrected chi connectivity index (χ4v) is 1.92. The zero-order chi connectivity index (χ0) is 11.9. The molecule has 17 heavy (non-hydrogen) atoms. The van der Waals surface area contributed by atoms with Crippen molar-refractivity contribution < 1.29 is 9.13 Å². The van der Waals surface area contributed by atoms with Gasteiger partial charge in [0.05, 0.1) is 13.3 Å². The van der Waals surface area contributed by atoms with Crippen LogP contribution in [0.15, 0.2) is 24.3 Å². The number of ether oxygens (including phenoxy) is 1. The van der Waals surface area contributed by atoms with Crippen molar-refractivity contribution in [3.63, 3.8) is 0 Å². The lowest BCUT2D eigenvalue weighted by atomic mass is 10.2. The van der Waals surface area contributed by atoms with Gasteiger partial charge in [-0.15, -0.1) is 0 Å². The highest BCUT2D eigenvalue weighted by molar-refractivity contribution is 5.49. The molecule has 0 aromatic heterocycles. The lowest BCUT2D eigenvalue weighted by molar-refractivity contribution is 0.289. The lowest BCUT2D eigenvalue weighted by Gasteiger charge is -2.29. The molecule has 3 nitrogen and oxygen atoms in total. The van der Waals surface area contributed by atoms with Crippen LogP contribution in [0.2, 0.25) is 0 Å². The van der Waals surface area contributed by atoms with E-state index < -0.39 is 0 Å². The van der Waals surface area contributed by atoms with Crippen molar-refractivity contribution in [3.8, 4) is 5.75 Å². The van der Waals surface area contributed by atoms with Crippen molar-refractivity contribution in [2.45, 2.75) is 6.42 Å². The molecule has 1 fully saturated rings. The van der Waals surface area contributed by atoms with E-state index in [0.717, 1.165) is 31.9 Å². The Morgan fingerprint density at radius 3 is 2.53 bits per heavy atom. The smallest absolute Gasteiger partial charge is 0.119 e. The molecule has 2 rings (SSSR count). The Morgan fingerprint density at radius 1 is 1.18 bits per heavy atom. The highest BCUT2D eigenvalue weighted by Crippen LogP contribution is 2.19. The molecule has 0 radical (unpaired) electrons. The topological polar surface area (TPSA) is 24.5 Å². The zero-order valence-electron chi connectivity index (χ0n) is 9.99. The van der Waals surface area contributed by atoms with Crippen LogP contribution < -0.4 is 15.0 Å². The van der Waals surface area contributed by atoms with Crippen molar-refractivity contribution in [1.82, 2.24) is 5.32 Å². The summed E-state index contributed by atoms with van der Waals surface area (Å²) in [5.74, 6) is 0.817. The lowest BCUT2D eigenvalue weighted by Crippen LogP contribution is -2.43. The van der Waals surface area contributed by atoms with Gasteiger partial charge in [0.1, 0.15) is 5.75 Å². The SMILES string of the molecule is FCCCOc1ccc(N2CCNCC2)cc1. The number of anilines is 1. The Morgan fingerprint density at radius 2 is 1.88 bits per heavy atom. The van der Waals surface area contributed by atoms with Crippen molar-refractivity contribution in [1.29, 1.82) is 0 Å². The molecule has 1 aliphatic rings. The Balaban J connectivity index is 1.88. The summed E-state index contributed by atoms with van der Waals surface area (Å²) in [6.45, 7) is 4.29. The molecule has 1 heterocycles. The first-order valence-corrected chi connectivity index (χ1v) is 6.14. The van der Waals surface area contributed by atoms with Crippen LogP contribution in [0, 0.1) is 0 Å². The van der Waals surface area contributed by atoms with Crippen molar-refractivity contribution >= 4 is 5.69 Å². The van der Waals surface area contributed by atoms with Gasteiger partial charge >= 0.3 is 0 Å². The van der Waals surface area contributed by atoms with E-state index >= 15 is 0 Å². The van der Waals surface area contributed by atoms with Gasteiger partial charge in [-0.1, -0.05) is 0 Å². The van der Waals surface area contributed by atoms with E-state index in [1.165, 1.54) is 5.69 Å². The number of alkyl halides is 1. The molecule has 0 spiro atoms. The average molecular weight is 238 g/mol. The summed E-state index contributed by atoms with van der Waals surface area (Å²) in [6, 6.07) is 8.04. The first-order valence-electron chi connectivity index (χ1n) is 6.14. The van der Waals surface area contributed by atoms with Gasteiger partial charge < -0.3 is 15.0 Å². The summed E-state index contributed by atoms with van der Waals surface area (Å²) in [5.41, 5.74) is 1.23. The van der Waals surface area contributed by atoms with Gasteiger partial charge in [0.15, 0.2) is 0 Å². The zero-order valence-corrected chi connectivity index (χ0v) is 9.99. The van der Waals surface area contributed by atoms with E-state index in [-0.39, 0.29) is 6.67 Å². The molecule has 0 aliphatic carbocycles. The number of hydrogen-bond donors (Lipinski definition) is 1. The summed E-state index contributed by atoms with van der Waals surface area (Å²) < 4.78 is 17.3. The number of piperazine rings is 1. The third-order valence-corrected chi connectivity index (χ3v) is 2.87. The minimum absolute atomic E-state index is 0.321. The van der Waals surface area contributed by atoms with E-state index in [9.17, 15) is 4.39 Å². The largest absolute Gasteiger partial charge is 0.493 e. The van der Waals surface area contributed by atoms with Gasteiger partial charge in [0.2, 0.25) is 0 Å². The number of nitrogens with zero attached hydrogens (tertiary/aromatic N) is 1. The molecule has 1 aliphatic heterocycles. The quantitative estimate of drug-likeness (QED) is 0.792. The van der Waals surface area contributed by atoms with Crippen LogP contribution in [0.4, 0.5) is 10.1 Å². The Hall–Kier alpha value is -1.29. The molecule has 1 aromatic rings. The summed E-state index contributed by atoms with van der Waals surface area (Å²) in [6.07, 6.45) is 0.458. The number of nitrogens with one attached hydrogen (secondary N) is 1. The standard InChI is InChI=1S/C13H19FN2O/c14-6-1-11-17-13-4-2-12(3-5-13)16-9-7-15-8-10-16/h2-5,15H,1,6-11H2. The summed E-state index contributed by atoms with van der Waals surface area (Å²) in [4.78, 5) is 2.35. The predicted molar refractivity (Wildman–Crippen MR) is 67.6 cm³/mol. The van der Waals surface area contributed by atoms with Gasteiger partial charge in [-0.05, 0) is 24.3 Å². The monoisotopic (exact) mass is 238 g/mol. The number of rotatable bonds is 5. The molecule has 94 valence electrons. The van der Waals surface area contributed by atoms with Crippen LogP contribution >= 0.6 is 0 Å². The fraction of sp³-hybridized carbons (Fsp3) is 0.538. The van der Waals surface area contributed by atoms with Crippen LogP contribution in [-0.4, -0.2) is 39.5 Å².